The molecule has 3 amide bonds. The maximum Gasteiger partial charge on any atom is 0.321 e. The van der Waals surface area contributed by atoms with Crippen LogP contribution in [0.2, 0.25) is 0 Å². The van der Waals surface area contributed by atoms with Crippen LogP contribution in [0, 0.1) is 5.92 Å². The van der Waals surface area contributed by atoms with Gasteiger partial charge < -0.3 is 16.0 Å². The lowest BCUT2D eigenvalue weighted by atomic mass is 10.1. The second-order valence-corrected chi connectivity index (χ2v) is 5.76. The number of benzene rings is 1. The summed E-state index contributed by atoms with van der Waals surface area (Å²) in [5.41, 5.74) is 2.80. The molecule has 1 saturated heterocycles. The average molecular weight is 302 g/mol. The smallest absolute Gasteiger partial charge is 0.321 e. The zero-order valence-corrected chi connectivity index (χ0v) is 12.8. The highest BCUT2D eigenvalue weighted by molar-refractivity contribution is 5.97. The molecule has 0 saturated carbocycles. The highest BCUT2D eigenvalue weighted by Gasteiger charge is 2.26. The fourth-order valence-electron chi connectivity index (χ4n) is 3.04. The van der Waals surface area contributed by atoms with E-state index in [4.69, 9.17) is 0 Å². The summed E-state index contributed by atoms with van der Waals surface area (Å²) in [5, 5.41) is 8.99. The Bertz CT molecular complexity index is 582. The summed E-state index contributed by atoms with van der Waals surface area (Å²) in [6.45, 7) is 4.83. The first-order valence-electron chi connectivity index (χ1n) is 7.89. The van der Waals surface area contributed by atoms with Crippen LogP contribution >= 0.6 is 0 Å². The number of carbonyl (C=O) groups is 2. The number of nitrogens with one attached hydrogen (secondary N) is 3. The van der Waals surface area contributed by atoms with E-state index in [1.165, 1.54) is 0 Å². The zero-order chi connectivity index (χ0) is 15.5. The second kappa shape index (κ2) is 6.36. The van der Waals surface area contributed by atoms with Crippen LogP contribution in [-0.2, 0) is 11.2 Å². The van der Waals surface area contributed by atoms with E-state index < -0.39 is 0 Å². The molecule has 118 valence electrons. The van der Waals surface area contributed by atoms with E-state index in [0.717, 1.165) is 42.9 Å². The molecule has 6 nitrogen and oxygen atoms in total. The summed E-state index contributed by atoms with van der Waals surface area (Å²) in [6, 6.07) is 5.74. The van der Waals surface area contributed by atoms with Gasteiger partial charge >= 0.3 is 6.03 Å². The summed E-state index contributed by atoms with van der Waals surface area (Å²) in [5.74, 6) is 0.0836. The van der Waals surface area contributed by atoms with E-state index in [9.17, 15) is 9.59 Å². The molecule has 3 N–H and O–H groups in total. The van der Waals surface area contributed by atoms with E-state index in [2.05, 4.69) is 16.0 Å². The Morgan fingerprint density at radius 1 is 1.41 bits per heavy atom. The first-order valence-corrected chi connectivity index (χ1v) is 7.89. The van der Waals surface area contributed by atoms with Gasteiger partial charge in [0.1, 0.15) is 0 Å². The predicted octanol–water partition coefficient (Wildman–Crippen LogP) is 1.33. The van der Waals surface area contributed by atoms with E-state index in [0.29, 0.717) is 13.1 Å². The van der Waals surface area contributed by atoms with E-state index in [1.807, 2.05) is 25.1 Å². The van der Waals surface area contributed by atoms with E-state index in [-0.39, 0.29) is 17.9 Å². The Balaban J connectivity index is 1.74. The van der Waals surface area contributed by atoms with Crippen molar-refractivity contribution in [3.8, 4) is 0 Å². The number of rotatable bonds is 3. The van der Waals surface area contributed by atoms with Crippen molar-refractivity contribution in [2.24, 2.45) is 5.92 Å². The largest absolute Gasteiger partial charge is 0.338 e. The van der Waals surface area contributed by atoms with Crippen LogP contribution in [0.25, 0.3) is 0 Å². The lowest BCUT2D eigenvalue weighted by molar-refractivity contribution is -0.119. The molecule has 3 rings (SSSR count). The minimum absolute atomic E-state index is 0.0350. The Hall–Kier alpha value is -2.08. The molecular formula is C16H22N4O2. The summed E-state index contributed by atoms with van der Waals surface area (Å²) in [7, 11) is 0. The molecule has 1 aromatic carbocycles. The Morgan fingerprint density at radius 3 is 3.00 bits per heavy atom. The van der Waals surface area contributed by atoms with Gasteiger partial charge in [0.05, 0.1) is 11.6 Å². The van der Waals surface area contributed by atoms with Gasteiger partial charge in [-0.2, -0.15) is 0 Å². The summed E-state index contributed by atoms with van der Waals surface area (Å²) in [4.78, 5) is 26.0. The van der Waals surface area contributed by atoms with Gasteiger partial charge in [-0.3, -0.25) is 9.69 Å². The second-order valence-electron chi connectivity index (χ2n) is 5.76. The van der Waals surface area contributed by atoms with Gasteiger partial charge in [0, 0.05) is 25.3 Å². The first-order chi connectivity index (χ1) is 10.7. The third kappa shape index (κ3) is 2.92. The Morgan fingerprint density at radius 2 is 2.27 bits per heavy atom. The standard InChI is InChI=1S/C16H22N4O2/c1-2-18-16(22)20-8-6-11-3-4-13(9-14(11)20)19-15(21)12-5-7-17-10-12/h3-4,9,12,17H,2,5-8,10H2,1H3,(H,18,22)(H,19,21). The maximum atomic E-state index is 12.2. The summed E-state index contributed by atoms with van der Waals surface area (Å²) < 4.78 is 0. The van der Waals surface area contributed by atoms with Crippen LogP contribution in [-0.4, -0.2) is 38.1 Å². The van der Waals surface area contributed by atoms with Gasteiger partial charge in [0.25, 0.3) is 0 Å². The van der Waals surface area contributed by atoms with Crippen LogP contribution in [0.5, 0.6) is 0 Å². The van der Waals surface area contributed by atoms with E-state index >= 15 is 0 Å². The number of carbonyl (C=O) groups excluding carboxylic acids is 2. The van der Waals surface area contributed by atoms with Crippen molar-refractivity contribution in [3.05, 3.63) is 23.8 Å². The molecule has 0 bridgehead atoms. The molecule has 0 spiro atoms. The summed E-state index contributed by atoms with van der Waals surface area (Å²) in [6.07, 6.45) is 1.73. The molecular weight excluding hydrogens is 280 g/mol. The molecule has 1 aromatic rings. The quantitative estimate of drug-likeness (QED) is 0.788. The molecule has 1 unspecified atom stereocenters. The topological polar surface area (TPSA) is 73.5 Å². The van der Waals surface area contributed by atoms with Gasteiger partial charge in [-0.05, 0) is 44.0 Å². The Kier molecular flexibility index (Phi) is 4.29. The lowest BCUT2D eigenvalue weighted by Crippen LogP contribution is -2.38. The number of hydrogen-bond donors (Lipinski definition) is 3. The molecule has 22 heavy (non-hydrogen) atoms. The number of amides is 3. The van der Waals surface area contributed by atoms with Crippen molar-refractivity contribution in [3.63, 3.8) is 0 Å². The van der Waals surface area contributed by atoms with Gasteiger partial charge in [-0.15, -0.1) is 0 Å². The average Bonchev–Trinajstić information content (AvgIpc) is 3.17. The first kappa shape index (κ1) is 14.8. The molecule has 2 aliphatic heterocycles. The molecule has 0 aliphatic carbocycles. The van der Waals surface area contributed by atoms with Crippen LogP contribution in [0.3, 0.4) is 0 Å². The Labute approximate surface area is 130 Å². The number of fused-ring (bicyclic) bond motifs is 1. The third-order valence-corrected chi connectivity index (χ3v) is 4.25. The molecule has 0 aromatic heterocycles. The molecule has 1 fully saturated rings. The molecule has 2 aliphatic rings. The fraction of sp³-hybridized carbons (Fsp3) is 0.500. The van der Waals surface area contributed by atoms with Gasteiger partial charge in [-0.1, -0.05) is 6.07 Å². The van der Waals surface area contributed by atoms with Crippen molar-refractivity contribution in [1.29, 1.82) is 0 Å². The van der Waals surface area contributed by atoms with Crippen molar-refractivity contribution >= 4 is 23.3 Å². The third-order valence-electron chi connectivity index (χ3n) is 4.25. The molecule has 1 atom stereocenters. The highest BCUT2D eigenvalue weighted by atomic mass is 16.2. The molecule has 0 radical (unpaired) electrons. The number of nitrogens with zero attached hydrogens (tertiary/aromatic N) is 1. The normalized spacial score (nSPS) is 19.9. The number of anilines is 2. The van der Waals surface area contributed by atoms with Crippen molar-refractivity contribution < 1.29 is 9.59 Å². The van der Waals surface area contributed by atoms with Crippen molar-refractivity contribution in [2.45, 2.75) is 19.8 Å². The predicted molar refractivity (Wildman–Crippen MR) is 86.2 cm³/mol. The van der Waals surface area contributed by atoms with E-state index in [1.54, 1.807) is 4.90 Å². The van der Waals surface area contributed by atoms with Gasteiger partial charge in [-0.25, -0.2) is 4.79 Å². The van der Waals surface area contributed by atoms with Crippen molar-refractivity contribution in [2.75, 3.05) is 36.4 Å². The van der Waals surface area contributed by atoms with Crippen LogP contribution < -0.4 is 20.9 Å². The molecule has 2 heterocycles. The minimum Gasteiger partial charge on any atom is -0.338 e. The maximum absolute atomic E-state index is 12.2. The van der Waals surface area contributed by atoms with Crippen LogP contribution in [0.4, 0.5) is 16.2 Å². The summed E-state index contributed by atoms with van der Waals surface area (Å²) >= 11 is 0. The monoisotopic (exact) mass is 302 g/mol. The minimum atomic E-state index is -0.0790. The lowest BCUT2D eigenvalue weighted by Gasteiger charge is -2.18. The van der Waals surface area contributed by atoms with Gasteiger partial charge in [0.2, 0.25) is 5.91 Å². The zero-order valence-electron chi connectivity index (χ0n) is 12.8. The van der Waals surface area contributed by atoms with Crippen molar-refractivity contribution in [1.82, 2.24) is 10.6 Å². The van der Waals surface area contributed by atoms with Crippen LogP contribution in [0.15, 0.2) is 18.2 Å². The van der Waals surface area contributed by atoms with Gasteiger partial charge in [0.15, 0.2) is 0 Å². The number of urea groups is 1. The number of hydrogen-bond acceptors (Lipinski definition) is 3. The molecule has 6 heteroatoms. The fourth-order valence-corrected chi connectivity index (χ4v) is 3.04. The highest BCUT2D eigenvalue weighted by Crippen LogP contribution is 2.31. The van der Waals surface area contributed by atoms with Crippen LogP contribution in [0.1, 0.15) is 18.9 Å². The SMILES string of the molecule is CCNC(=O)N1CCc2ccc(NC(=O)C3CCNC3)cc21.